The smallest absolute Gasteiger partial charge is 0.150 e. The fourth-order valence-corrected chi connectivity index (χ4v) is 1.80. The third-order valence-electron chi connectivity index (χ3n) is 2.43. The fourth-order valence-electron chi connectivity index (χ4n) is 1.80. The average molecular weight is 206 g/mol. The van der Waals surface area contributed by atoms with Crippen LogP contribution in [0, 0.1) is 5.41 Å². The molecule has 0 saturated carbocycles. The van der Waals surface area contributed by atoms with Crippen molar-refractivity contribution in [2.45, 2.75) is 26.9 Å². The van der Waals surface area contributed by atoms with Crippen molar-refractivity contribution in [3.05, 3.63) is 35.4 Å². The van der Waals surface area contributed by atoms with Gasteiger partial charge in [0.15, 0.2) is 0 Å². The van der Waals surface area contributed by atoms with Gasteiger partial charge in [-0.25, -0.2) is 0 Å². The molecule has 0 amide bonds. The molecule has 1 atom stereocenters. The molecule has 0 N–H and O–H groups in total. The highest BCUT2D eigenvalue weighted by Gasteiger charge is 2.27. The van der Waals surface area contributed by atoms with Gasteiger partial charge in [0.25, 0.3) is 0 Å². The first-order valence-electron chi connectivity index (χ1n) is 5.07. The van der Waals surface area contributed by atoms with Gasteiger partial charge in [-0.3, -0.25) is 4.79 Å². The first kappa shape index (κ1) is 11.9. The van der Waals surface area contributed by atoms with E-state index in [1.54, 1.807) is 7.11 Å². The zero-order valence-corrected chi connectivity index (χ0v) is 9.78. The lowest BCUT2D eigenvalue weighted by molar-refractivity contribution is 0.0148. The molecule has 0 radical (unpaired) electrons. The Morgan fingerprint density at radius 1 is 1.27 bits per heavy atom. The van der Waals surface area contributed by atoms with Crippen LogP contribution in [0.25, 0.3) is 0 Å². The molecule has 1 aromatic rings. The van der Waals surface area contributed by atoms with E-state index >= 15 is 0 Å². The van der Waals surface area contributed by atoms with Crippen LogP contribution in [0.4, 0.5) is 0 Å². The molecule has 0 heterocycles. The summed E-state index contributed by atoms with van der Waals surface area (Å²) < 4.78 is 5.48. The Kier molecular flexibility index (Phi) is 3.64. The Morgan fingerprint density at radius 3 is 2.33 bits per heavy atom. The van der Waals surface area contributed by atoms with Crippen LogP contribution in [-0.2, 0) is 4.74 Å². The molecular formula is C13H18O2. The number of hydrogen-bond donors (Lipinski definition) is 0. The van der Waals surface area contributed by atoms with Crippen LogP contribution in [0.1, 0.15) is 42.8 Å². The minimum Gasteiger partial charge on any atom is -0.376 e. The van der Waals surface area contributed by atoms with E-state index < -0.39 is 0 Å². The zero-order chi connectivity index (χ0) is 11.5. The van der Waals surface area contributed by atoms with Crippen molar-refractivity contribution in [1.82, 2.24) is 0 Å². The first-order chi connectivity index (χ1) is 7.00. The maximum Gasteiger partial charge on any atom is 0.150 e. The van der Waals surface area contributed by atoms with E-state index in [0.717, 1.165) is 11.8 Å². The second-order valence-electron chi connectivity index (χ2n) is 4.73. The van der Waals surface area contributed by atoms with E-state index in [9.17, 15) is 4.79 Å². The van der Waals surface area contributed by atoms with Crippen LogP contribution >= 0.6 is 0 Å². The lowest BCUT2D eigenvalue weighted by atomic mass is 9.83. The summed E-state index contributed by atoms with van der Waals surface area (Å²) in [6.45, 7) is 6.30. The minimum absolute atomic E-state index is 0.0200. The number of aldehydes is 1. The van der Waals surface area contributed by atoms with Crippen molar-refractivity contribution in [2.24, 2.45) is 5.41 Å². The molecule has 2 nitrogen and oxygen atoms in total. The van der Waals surface area contributed by atoms with Crippen molar-refractivity contribution in [2.75, 3.05) is 7.11 Å². The van der Waals surface area contributed by atoms with Crippen LogP contribution in [0.5, 0.6) is 0 Å². The highest BCUT2D eigenvalue weighted by molar-refractivity contribution is 5.77. The van der Waals surface area contributed by atoms with Gasteiger partial charge in [0, 0.05) is 12.7 Å². The largest absolute Gasteiger partial charge is 0.376 e. The van der Waals surface area contributed by atoms with Crippen LogP contribution in [0.2, 0.25) is 0 Å². The lowest BCUT2D eigenvalue weighted by Crippen LogP contribution is -2.21. The average Bonchev–Trinajstić information content (AvgIpc) is 2.17. The lowest BCUT2D eigenvalue weighted by Gasteiger charge is -2.30. The molecule has 0 aliphatic heterocycles. The van der Waals surface area contributed by atoms with Crippen molar-refractivity contribution in [3.8, 4) is 0 Å². The molecule has 0 saturated heterocycles. The minimum atomic E-state index is -0.0566. The van der Waals surface area contributed by atoms with Gasteiger partial charge in [0.1, 0.15) is 6.29 Å². The molecule has 0 aromatic heterocycles. The Morgan fingerprint density at radius 2 is 1.87 bits per heavy atom. The van der Waals surface area contributed by atoms with E-state index in [1.807, 2.05) is 24.3 Å². The standard InChI is InChI=1S/C13H18O2/c1-13(2,3)12(15-4)11-8-6-5-7-10(11)9-14/h5-9,12H,1-4H3. The van der Waals surface area contributed by atoms with E-state index in [0.29, 0.717) is 5.56 Å². The van der Waals surface area contributed by atoms with Crippen LogP contribution < -0.4 is 0 Å². The summed E-state index contributed by atoms with van der Waals surface area (Å²) in [5.41, 5.74) is 1.65. The van der Waals surface area contributed by atoms with Crippen molar-refractivity contribution in [3.63, 3.8) is 0 Å². The van der Waals surface area contributed by atoms with E-state index in [1.165, 1.54) is 0 Å². The molecule has 0 spiro atoms. The zero-order valence-electron chi connectivity index (χ0n) is 9.78. The predicted octanol–water partition coefficient (Wildman–Crippen LogP) is 3.23. The molecule has 1 aromatic carbocycles. The molecule has 0 aliphatic carbocycles. The van der Waals surface area contributed by atoms with E-state index in [2.05, 4.69) is 20.8 Å². The summed E-state index contributed by atoms with van der Waals surface area (Å²) in [6, 6.07) is 7.56. The van der Waals surface area contributed by atoms with Gasteiger partial charge >= 0.3 is 0 Å². The maximum absolute atomic E-state index is 10.9. The molecule has 1 rings (SSSR count). The Hall–Kier alpha value is -1.15. The molecular weight excluding hydrogens is 188 g/mol. The molecule has 82 valence electrons. The first-order valence-corrected chi connectivity index (χ1v) is 5.07. The summed E-state index contributed by atoms with van der Waals surface area (Å²) in [4.78, 5) is 10.9. The van der Waals surface area contributed by atoms with Crippen LogP contribution in [-0.4, -0.2) is 13.4 Å². The SMILES string of the molecule is COC(c1ccccc1C=O)C(C)(C)C. The summed E-state index contributed by atoms with van der Waals surface area (Å²) >= 11 is 0. The molecule has 1 unspecified atom stereocenters. The van der Waals surface area contributed by atoms with Crippen molar-refractivity contribution in [1.29, 1.82) is 0 Å². The summed E-state index contributed by atoms with van der Waals surface area (Å²) in [5, 5.41) is 0. The predicted molar refractivity (Wildman–Crippen MR) is 61.0 cm³/mol. The van der Waals surface area contributed by atoms with Crippen molar-refractivity contribution < 1.29 is 9.53 Å². The number of methoxy groups -OCH3 is 1. The summed E-state index contributed by atoms with van der Waals surface area (Å²) in [6.07, 6.45) is 0.825. The number of hydrogen-bond acceptors (Lipinski definition) is 2. The third-order valence-corrected chi connectivity index (χ3v) is 2.43. The van der Waals surface area contributed by atoms with Crippen LogP contribution in [0.15, 0.2) is 24.3 Å². The van der Waals surface area contributed by atoms with E-state index in [4.69, 9.17) is 4.74 Å². The third kappa shape index (κ3) is 2.66. The number of benzene rings is 1. The highest BCUT2D eigenvalue weighted by atomic mass is 16.5. The Labute approximate surface area is 91.3 Å². The monoisotopic (exact) mass is 206 g/mol. The quantitative estimate of drug-likeness (QED) is 0.710. The molecule has 0 bridgehead atoms. The molecule has 15 heavy (non-hydrogen) atoms. The Balaban J connectivity index is 3.17. The molecule has 0 fully saturated rings. The van der Waals surface area contributed by atoms with Crippen molar-refractivity contribution >= 4 is 6.29 Å². The summed E-state index contributed by atoms with van der Waals surface area (Å²) in [5.74, 6) is 0. The number of rotatable bonds is 3. The number of carbonyl (C=O) groups excluding carboxylic acids is 1. The highest BCUT2D eigenvalue weighted by Crippen LogP contribution is 2.36. The Bertz CT molecular complexity index is 337. The number of carbonyl (C=O) groups is 1. The van der Waals surface area contributed by atoms with Gasteiger partial charge in [-0.2, -0.15) is 0 Å². The second-order valence-corrected chi connectivity index (χ2v) is 4.73. The van der Waals surface area contributed by atoms with Gasteiger partial charge in [0.05, 0.1) is 6.10 Å². The van der Waals surface area contributed by atoms with E-state index in [-0.39, 0.29) is 11.5 Å². The summed E-state index contributed by atoms with van der Waals surface area (Å²) in [7, 11) is 1.68. The number of ether oxygens (including phenoxy) is 1. The normalized spacial score (nSPS) is 13.6. The van der Waals surface area contributed by atoms with Gasteiger partial charge in [0.2, 0.25) is 0 Å². The molecule has 2 heteroatoms. The topological polar surface area (TPSA) is 26.3 Å². The fraction of sp³-hybridized carbons (Fsp3) is 0.462. The van der Waals surface area contributed by atoms with Crippen LogP contribution in [0.3, 0.4) is 0 Å². The molecule has 0 aliphatic rings. The van der Waals surface area contributed by atoms with Gasteiger partial charge in [-0.1, -0.05) is 45.0 Å². The second kappa shape index (κ2) is 4.58. The van der Waals surface area contributed by atoms with Gasteiger partial charge in [-0.05, 0) is 11.0 Å². The van der Waals surface area contributed by atoms with Gasteiger partial charge in [-0.15, -0.1) is 0 Å². The maximum atomic E-state index is 10.9. The van der Waals surface area contributed by atoms with Gasteiger partial charge < -0.3 is 4.74 Å².